The first-order valence-electron chi connectivity index (χ1n) is 7.66. The highest BCUT2D eigenvalue weighted by Gasteiger charge is 2.08. The molecule has 0 radical (unpaired) electrons. The fraction of sp³-hybridized carbons (Fsp3) is 0.529. The molecule has 1 rings (SSSR count). The summed E-state index contributed by atoms with van der Waals surface area (Å²) in [5.41, 5.74) is 1.07. The Labute approximate surface area is 134 Å². The Morgan fingerprint density at radius 3 is 2.29 bits per heavy atom. The summed E-state index contributed by atoms with van der Waals surface area (Å²) in [6.07, 6.45) is 7.60. The normalized spacial score (nSPS) is 12.1. The summed E-state index contributed by atoms with van der Waals surface area (Å²) < 4.78 is 24.1. The van der Waals surface area contributed by atoms with Gasteiger partial charge in [-0.15, -0.1) is 11.8 Å². The second kappa shape index (κ2) is 10.1. The summed E-state index contributed by atoms with van der Waals surface area (Å²) in [7, 11) is -3.28. The Morgan fingerprint density at radius 2 is 1.62 bits per heavy atom. The molecular weight excluding hydrogens is 300 g/mol. The Kier molecular flexibility index (Phi) is 8.77. The molecule has 118 valence electrons. The van der Waals surface area contributed by atoms with Crippen LogP contribution in [0.5, 0.6) is 0 Å². The lowest BCUT2D eigenvalue weighted by Gasteiger charge is -2.00. The smallest absolute Gasteiger partial charge is 0.200 e. The van der Waals surface area contributed by atoms with Crippen molar-refractivity contribution >= 4 is 21.6 Å². The lowest BCUT2D eigenvalue weighted by molar-refractivity contribution is 0.604. The van der Waals surface area contributed by atoms with Gasteiger partial charge in [0, 0.05) is 5.41 Å². The van der Waals surface area contributed by atoms with Crippen molar-refractivity contribution in [1.29, 1.82) is 0 Å². The zero-order chi connectivity index (χ0) is 15.6. The van der Waals surface area contributed by atoms with Crippen LogP contribution in [-0.2, 0) is 9.84 Å². The molecule has 0 aromatic heterocycles. The van der Waals surface area contributed by atoms with Crippen molar-refractivity contribution in [2.75, 3.05) is 5.75 Å². The summed E-state index contributed by atoms with van der Waals surface area (Å²) in [4.78, 5) is 0.365. The molecule has 0 aliphatic heterocycles. The SMILES string of the molecule is CCCCCCCCS/C=C\S(=O)(=O)c1ccc(C)cc1. The van der Waals surface area contributed by atoms with Crippen LogP contribution in [0, 0.1) is 6.92 Å². The fourth-order valence-electron chi connectivity index (χ4n) is 1.95. The number of unbranched alkanes of at least 4 members (excludes halogenated alkanes) is 5. The van der Waals surface area contributed by atoms with E-state index in [1.54, 1.807) is 29.3 Å². The van der Waals surface area contributed by atoms with E-state index in [2.05, 4.69) is 6.92 Å². The molecule has 0 heterocycles. The molecule has 4 heteroatoms. The van der Waals surface area contributed by atoms with E-state index in [1.807, 2.05) is 19.1 Å². The van der Waals surface area contributed by atoms with Crippen molar-refractivity contribution in [3.63, 3.8) is 0 Å². The van der Waals surface area contributed by atoms with E-state index in [4.69, 9.17) is 0 Å². The Balaban J connectivity index is 2.27. The van der Waals surface area contributed by atoms with Crippen LogP contribution in [0.2, 0.25) is 0 Å². The van der Waals surface area contributed by atoms with Crippen LogP contribution in [-0.4, -0.2) is 14.2 Å². The topological polar surface area (TPSA) is 34.1 Å². The highest BCUT2D eigenvalue weighted by Crippen LogP contribution is 2.16. The van der Waals surface area contributed by atoms with Gasteiger partial charge in [0.05, 0.1) is 4.90 Å². The summed E-state index contributed by atoms with van der Waals surface area (Å²) in [6, 6.07) is 6.97. The quantitative estimate of drug-likeness (QED) is 0.545. The third-order valence-corrected chi connectivity index (χ3v) is 5.74. The lowest BCUT2D eigenvalue weighted by atomic mass is 10.1. The van der Waals surface area contributed by atoms with Crippen molar-refractivity contribution in [3.05, 3.63) is 40.6 Å². The maximum absolute atomic E-state index is 12.1. The first kappa shape index (κ1) is 18.3. The number of benzene rings is 1. The standard InChI is InChI=1S/C17H26O2S2/c1-3-4-5-6-7-8-13-20-14-15-21(18,19)17-11-9-16(2)10-12-17/h9-12,14-15H,3-8,13H2,1-2H3/b15-14-. The van der Waals surface area contributed by atoms with Gasteiger partial charge in [-0.1, -0.05) is 56.7 Å². The van der Waals surface area contributed by atoms with Gasteiger partial charge in [0.1, 0.15) is 0 Å². The average Bonchev–Trinajstić information content (AvgIpc) is 2.46. The number of rotatable bonds is 10. The summed E-state index contributed by atoms with van der Waals surface area (Å²) in [5, 5.41) is 3.03. The molecule has 0 atom stereocenters. The molecule has 1 aromatic rings. The first-order chi connectivity index (χ1) is 10.1. The zero-order valence-corrected chi connectivity index (χ0v) is 14.7. The molecule has 0 aliphatic rings. The van der Waals surface area contributed by atoms with E-state index in [9.17, 15) is 8.42 Å². The van der Waals surface area contributed by atoms with Gasteiger partial charge in [0.2, 0.25) is 0 Å². The van der Waals surface area contributed by atoms with Crippen LogP contribution in [0.1, 0.15) is 51.0 Å². The van der Waals surface area contributed by atoms with Crippen molar-refractivity contribution in [2.24, 2.45) is 0 Å². The van der Waals surface area contributed by atoms with E-state index >= 15 is 0 Å². The van der Waals surface area contributed by atoms with Gasteiger partial charge in [-0.3, -0.25) is 0 Å². The number of aryl methyl sites for hydroxylation is 1. The van der Waals surface area contributed by atoms with Crippen molar-refractivity contribution in [1.82, 2.24) is 0 Å². The van der Waals surface area contributed by atoms with Gasteiger partial charge in [-0.25, -0.2) is 8.42 Å². The minimum atomic E-state index is -3.28. The molecule has 1 aromatic carbocycles. The van der Waals surface area contributed by atoms with E-state index in [0.29, 0.717) is 4.90 Å². The van der Waals surface area contributed by atoms with Gasteiger partial charge in [-0.2, -0.15) is 0 Å². The highest BCUT2D eigenvalue weighted by atomic mass is 32.2. The number of sulfone groups is 1. The number of thioether (sulfide) groups is 1. The van der Waals surface area contributed by atoms with E-state index < -0.39 is 9.84 Å². The summed E-state index contributed by atoms with van der Waals surface area (Å²) in [6.45, 7) is 4.16. The molecule has 0 spiro atoms. The largest absolute Gasteiger partial charge is 0.219 e. The highest BCUT2D eigenvalue weighted by molar-refractivity contribution is 8.03. The third-order valence-electron chi connectivity index (χ3n) is 3.30. The van der Waals surface area contributed by atoms with Crippen LogP contribution in [0.4, 0.5) is 0 Å². The van der Waals surface area contributed by atoms with Gasteiger partial charge in [-0.05, 0) is 36.6 Å². The molecule has 0 amide bonds. The van der Waals surface area contributed by atoms with Gasteiger partial charge < -0.3 is 0 Å². The van der Waals surface area contributed by atoms with Crippen LogP contribution in [0.15, 0.2) is 40.0 Å². The van der Waals surface area contributed by atoms with E-state index in [-0.39, 0.29) is 0 Å². The molecule has 0 saturated heterocycles. The third kappa shape index (κ3) is 7.72. The Bertz CT molecular complexity index is 516. The van der Waals surface area contributed by atoms with Crippen LogP contribution >= 0.6 is 11.8 Å². The van der Waals surface area contributed by atoms with Crippen LogP contribution in [0.3, 0.4) is 0 Å². The number of hydrogen-bond acceptors (Lipinski definition) is 3. The van der Waals surface area contributed by atoms with Gasteiger partial charge in [0.15, 0.2) is 9.84 Å². The van der Waals surface area contributed by atoms with E-state index in [1.165, 1.54) is 37.5 Å². The second-order valence-electron chi connectivity index (χ2n) is 5.27. The van der Waals surface area contributed by atoms with E-state index in [0.717, 1.165) is 17.7 Å². The minimum Gasteiger partial charge on any atom is -0.219 e. The molecule has 2 nitrogen and oxygen atoms in total. The predicted molar refractivity (Wildman–Crippen MR) is 93.3 cm³/mol. The fourth-order valence-corrected chi connectivity index (χ4v) is 4.03. The van der Waals surface area contributed by atoms with Crippen molar-refractivity contribution in [3.8, 4) is 0 Å². The molecule has 0 saturated carbocycles. The summed E-state index contributed by atoms with van der Waals surface area (Å²) in [5.74, 6) is 0.992. The Morgan fingerprint density at radius 1 is 1.00 bits per heavy atom. The molecule has 0 unspecified atom stereocenters. The van der Waals surface area contributed by atoms with Crippen LogP contribution in [0.25, 0.3) is 0 Å². The average molecular weight is 327 g/mol. The van der Waals surface area contributed by atoms with Gasteiger partial charge >= 0.3 is 0 Å². The molecular formula is C17H26O2S2. The minimum absolute atomic E-state index is 0.365. The molecule has 0 bridgehead atoms. The van der Waals surface area contributed by atoms with Gasteiger partial charge in [0.25, 0.3) is 0 Å². The number of hydrogen-bond donors (Lipinski definition) is 0. The van der Waals surface area contributed by atoms with Crippen LogP contribution < -0.4 is 0 Å². The molecule has 21 heavy (non-hydrogen) atoms. The van der Waals surface area contributed by atoms with Crippen molar-refractivity contribution in [2.45, 2.75) is 57.3 Å². The zero-order valence-electron chi connectivity index (χ0n) is 13.0. The second-order valence-corrected chi connectivity index (χ2v) is 8.12. The molecule has 0 fully saturated rings. The monoisotopic (exact) mass is 326 g/mol. The maximum Gasteiger partial charge on any atom is 0.200 e. The Hall–Kier alpha value is -0.740. The summed E-state index contributed by atoms with van der Waals surface area (Å²) >= 11 is 1.58. The maximum atomic E-state index is 12.1. The molecule has 0 N–H and O–H groups in total. The van der Waals surface area contributed by atoms with Crippen molar-refractivity contribution < 1.29 is 8.42 Å². The predicted octanol–water partition coefficient (Wildman–Crippen LogP) is 5.33. The molecule has 0 aliphatic carbocycles. The lowest BCUT2D eigenvalue weighted by Crippen LogP contribution is -1.95. The first-order valence-corrected chi connectivity index (χ1v) is 10.3.